The van der Waals surface area contributed by atoms with E-state index in [0.717, 1.165) is 37.7 Å². The van der Waals surface area contributed by atoms with Crippen molar-refractivity contribution < 1.29 is 0 Å². The molecule has 1 aromatic rings. The molecule has 3 rings (SSSR count). The van der Waals surface area contributed by atoms with E-state index in [2.05, 4.69) is 17.1 Å². The molecule has 2 fully saturated rings. The first-order valence-corrected chi connectivity index (χ1v) is 8.27. The summed E-state index contributed by atoms with van der Waals surface area (Å²) in [7, 11) is 0. The van der Waals surface area contributed by atoms with Crippen molar-refractivity contribution in [2.45, 2.75) is 31.7 Å². The van der Waals surface area contributed by atoms with Crippen LogP contribution >= 0.6 is 34.8 Å². The summed E-state index contributed by atoms with van der Waals surface area (Å²) >= 11 is 18.6. The van der Waals surface area contributed by atoms with Crippen LogP contribution in [0.15, 0.2) is 12.1 Å². The van der Waals surface area contributed by atoms with E-state index in [1.165, 1.54) is 12.8 Å². The molecule has 5 heteroatoms. The van der Waals surface area contributed by atoms with Gasteiger partial charge in [-0.1, -0.05) is 34.8 Å². The molecule has 1 aromatic carbocycles. The molecule has 1 aliphatic carbocycles. The van der Waals surface area contributed by atoms with E-state index >= 15 is 0 Å². The summed E-state index contributed by atoms with van der Waals surface area (Å²) in [6, 6.07) is 3.64. The highest BCUT2D eigenvalue weighted by Gasteiger charge is 2.43. The van der Waals surface area contributed by atoms with Crippen LogP contribution < -0.4 is 10.2 Å². The van der Waals surface area contributed by atoms with Crippen LogP contribution in [-0.2, 0) is 0 Å². The molecule has 0 radical (unpaired) electrons. The molecular weight excluding hydrogens is 315 g/mol. The lowest BCUT2D eigenvalue weighted by Crippen LogP contribution is -2.51. The Morgan fingerprint density at radius 3 is 2.55 bits per heavy atom. The van der Waals surface area contributed by atoms with Crippen LogP contribution in [0.1, 0.15) is 26.2 Å². The molecular formula is C15H19Cl3N2. The number of rotatable bonds is 2. The van der Waals surface area contributed by atoms with Gasteiger partial charge in [-0.05, 0) is 50.8 Å². The zero-order valence-corrected chi connectivity index (χ0v) is 13.8. The Hall–Kier alpha value is -0.150. The smallest absolute Gasteiger partial charge is 0.0655 e. The van der Waals surface area contributed by atoms with Crippen molar-refractivity contribution in [2.24, 2.45) is 5.92 Å². The minimum Gasteiger partial charge on any atom is -0.368 e. The summed E-state index contributed by atoms with van der Waals surface area (Å²) < 4.78 is 0. The van der Waals surface area contributed by atoms with Gasteiger partial charge in [0.2, 0.25) is 0 Å². The molecule has 0 spiro atoms. The lowest BCUT2D eigenvalue weighted by molar-refractivity contribution is 0.331. The first-order valence-electron chi connectivity index (χ1n) is 7.14. The molecule has 2 aliphatic rings. The van der Waals surface area contributed by atoms with E-state index in [9.17, 15) is 0 Å². The minimum atomic E-state index is 0.173. The van der Waals surface area contributed by atoms with Crippen LogP contribution in [0.2, 0.25) is 15.1 Å². The summed E-state index contributed by atoms with van der Waals surface area (Å²) in [4.78, 5) is 2.35. The molecule has 1 heterocycles. The van der Waals surface area contributed by atoms with Crippen molar-refractivity contribution in [1.82, 2.24) is 5.32 Å². The summed E-state index contributed by atoms with van der Waals surface area (Å²) in [5, 5.41) is 5.48. The van der Waals surface area contributed by atoms with E-state index < -0.39 is 0 Å². The van der Waals surface area contributed by atoms with Gasteiger partial charge in [0.1, 0.15) is 0 Å². The van der Waals surface area contributed by atoms with E-state index in [1.54, 1.807) is 6.07 Å². The fourth-order valence-electron chi connectivity index (χ4n) is 3.13. The summed E-state index contributed by atoms with van der Waals surface area (Å²) in [6.45, 7) is 5.35. The van der Waals surface area contributed by atoms with Gasteiger partial charge >= 0.3 is 0 Å². The van der Waals surface area contributed by atoms with Gasteiger partial charge in [0.25, 0.3) is 0 Å². The van der Waals surface area contributed by atoms with Crippen molar-refractivity contribution in [1.29, 1.82) is 0 Å². The van der Waals surface area contributed by atoms with Gasteiger partial charge in [-0.15, -0.1) is 0 Å². The first-order chi connectivity index (χ1) is 9.49. The molecule has 1 unspecified atom stereocenters. The fourth-order valence-corrected chi connectivity index (χ4v) is 3.79. The number of nitrogens with zero attached hydrogens (tertiary/aromatic N) is 1. The van der Waals surface area contributed by atoms with E-state index in [4.69, 9.17) is 34.8 Å². The second kappa shape index (κ2) is 5.57. The second-order valence-corrected chi connectivity index (χ2v) is 7.33. The molecule has 1 saturated heterocycles. The minimum absolute atomic E-state index is 0.173. The quantitative estimate of drug-likeness (QED) is 0.795. The van der Waals surface area contributed by atoms with Crippen molar-refractivity contribution in [3.8, 4) is 0 Å². The predicted molar refractivity (Wildman–Crippen MR) is 87.4 cm³/mol. The molecule has 1 N–H and O–H groups in total. The van der Waals surface area contributed by atoms with Crippen LogP contribution in [0.3, 0.4) is 0 Å². The van der Waals surface area contributed by atoms with E-state index in [1.807, 2.05) is 6.07 Å². The van der Waals surface area contributed by atoms with Gasteiger partial charge in [0, 0.05) is 18.6 Å². The number of halogens is 3. The van der Waals surface area contributed by atoms with Crippen molar-refractivity contribution in [3.05, 3.63) is 27.2 Å². The highest BCUT2D eigenvalue weighted by molar-refractivity contribution is 6.44. The van der Waals surface area contributed by atoms with Gasteiger partial charge in [-0.25, -0.2) is 0 Å². The molecule has 0 aromatic heterocycles. The standard InChI is InChI=1S/C15H19Cl3N2/c1-15(10-3-4-10)9-20(6-2-5-19-15)14-8-12(17)11(16)7-13(14)18/h7-8,10,19H,2-6,9H2,1H3. The molecule has 1 aliphatic heterocycles. The van der Waals surface area contributed by atoms with Crippen LogP contribution in [0.5, 0.6) is 0 Å². The van der Waals surface area contributed by atoms with Crippen LogP contribution in [0.25, 0.3) is 0 Å². The normalized spacial score (nSPS) is 27.5. The summed E-state index contributed by atoms with van der Waals surface area (Å²) in [6.07, 6.45) is 3.76. The van der Waals surface area contributed by atoms with Crippen LogP contribution in [0, 0.1) is 5.92 Å². The Bertz CT molecular complexity index is 516. The Labute approximate surface area is 135 Å². The van der Waals surface area contributed by atoms with Crippen LogP contribution in [0.4, 0.5) is 5.69 Å². The highest BCUT2D eigenvalue weighted by Crippen LogP contribution is 2.42. The van der Waals surface area contributed by atoms with E-state index in [0.29, 0.717) is 15.1 Å². The molecule has 2 nitrogen and oxygen atoms in total. The zero-order valence-electron chi connectivity index (χ0n) is 11.6. The average Bonchev–Trinajstić information content (AvgIpc) is 3.21. The van der Waals surface area contributed by atoms with E-state index in [-0.39, 0.29) is 5.54 Å². The largest absolute Gasteiger partial charge is 0.368 e. The lowest BCUT2D eigenvalue weighted by atomic mass is 9.95. The zero-order chi connectivity index (χ0) is 14.3. The number of hydrogen-bond acceptors (Lipinski definition) is 2. The van der Waals surface area contributed by atoms with Gasteiger partial charge < -0.3 is 10.2 Å². The third-order valence-corrected chi connectivity index (χ3v) is 5.49. The van der Waals surface area contributed by atoms with Gasteiger partial charge in [0.15, 0.2) is 0 Å². The Morgan fingerprint density at radius 1 is 1.15 bits per heavy atom. The molecule has 0 amide bonds. The number of nitrogens with one attached hydrogen (secondary N) is 1. The summed E-state index contributed by atoms with van der Waals surface area (Å²) in [5.41, 5.74) is 1.17. The number of hydrogen-bond donors (Lipinski definition) is 1. The fraction of sp³-hybridized carbons (Fsp3) is 0.600. The van der Waals surface area contributed by atoms with Crippen molar-refractivity contribution in [2.75, 3.05) is 24.5 Å². The third-order valence-electron chi connectivity index (χ3n) is 4.46. The maximum absolute atomic E-state index is 6.37. The average molecular weight is 334 g/mol. The SMILES string of the molecule is CC1(C2CC2)CN(c2cc(Cl)c(Cl)cc2Cl)CCCN1. The van der Waals surface area contributed by atoms with Crippen molar-refractivity contribution >= 4 is 40.5 Å². The first kappa shape index (κ1) is 14.8. The molecule has 110 valence electrons. The highest BCUT2D eigenvalue weighted by atomic mass is 35.5. The predicted octanol–water partition coefficient (Wildman–Crippen LogP) is 4.62. The van der Waals surface area contributed by atoms with Crippen molar-refractivity contribution in [3.63, 3.8) is 0 Å². The molecule has 1 atom stereocenters. The number of anilines is 1. The Kier molecular flexibility index (Phi) is 4.11. The van der Waals surface area contributed by atoms with Gasteiger partial charge in [-0.3, -0.25) is 0 Å². The molecule has 1 saturated carbocycles. The van der Waals surface area contributed by atoms with Gasteiger partial charge in [-0.2, -0.15) is 0 Å². The maximum atomic E-state index is 6.37. The third kappa shape index (κ3) is 2.89. The topological polar surface area (TPSA) is 15.3 Å². The van der Waals surface area contributed by atoms with Crippen LogP contribution in [-0.4, -0.2) is 25.2 Å². The second-order valence-electron chi connectivity index (χ2n) is 6.11. The summed E-state index contributed by atoms with van der Waals surface area (Å²) in [5.74, 6) is 0.782. The molecule has 20 heavy (non-hydrogen) atoms. The number of benzene rings is 1. The Balaban J connectivity index is 1.90. The lowest BCUT2D eigenvalue weighted by Gasteiger charge is -2.35. The Morgan fingerprint density at radius 2 is 1.85 bits per heavy atom. The molecule has 0 bridgehead atoms. The maximum Gasteiger partial charge on any atom is 0.0655 e. The van der Waals surface area contributed by atoms with Gasteiger partial charge in [0.05, 0.1) is 20.8 Å². The monoisotopic (exact) mass is 332 g/mol.